The monoisotopic (exact) mass is 270 g/mol. The van der Waals surface area contributed by atoms with Gasteiger partial charge in [0, 0.05) is 4.83 Å². The molecule has 0 aliphatic carbocycles. The van der Waals surface area contributed by atoms with Gasteiger partial charge in [-0.15, -0.1) is 0 Å². The summed E-state index contributed by atoms with van der Waals surface area (Å²) in [6, 6.07) is 8.31. The maximum absolute atomic E-state index is 5.59. The van der Waals surface area contributed by atoms with Crippen molar-refractivity contribution in [1.82, 2.24) is 0 Å². The lowest BCUT2D eigenvalue weighted by Gasteiger charge is -2.15. The fraction of sp³-hybridized carbons (Fsp3) is 0.538. The van der Waals surface area contributed by atoms with E-state index >= 15 is 0 Å². The molecule has 0 fully saturated rings. The van der Waals surface area contributed by atoms with E-state index in [4.69, 9.17) is 4.74 Å². The van der Waals surface area contributed by atoms with Crippen molar-refractivity contribution >= 4 is 15.9 Å². The molecule has 0 aliphatic rings. The molecule has 1 nitrogen and oxygen atoms in total. The van der Waals surface area contributed by atoms with Crippen LogP contribution in [0, 0.1) is 5.92 Å². The van der Waals surface area contributed by atoms with Crippen LogP contribution in [0.4, 0.5) is 0 Å². The number of hydrogen-bond donors (Lipinski definition) is 0. The first-order valence-electron chi connectivity index (χ1n) is 5.41. The fourth-order valence-corrected chi connectivity index (χ4v) is 1.69. The molecule has 1 aromatic rings. The van der Waals surface area contributed by atoms with E-state index in [1.165, 1.54) is 5.56 Å². The van der Waals surface area contributed by atoms with Crippen molar-refractivity contribution in [2.24, 2.45) is 5.92 Å². The summed E-state index contributed by atoms with van der Waals surface area (Å²) >= 11 is 3.68. The summed E-state index contributed by atoms with van der Waals surface area (Å²) in [5, 5.41) is 0. The van der Waals surface area contributed by atoms with Crippen LogP contribution in [0.5, 0.6) is 5.75 Å². The first-order chi connectivity index (χ1) is 7.00. The van der Waals surface area contributed by atoms with Crippen LogP contribution in [0.25, 0.3) is 0 Å². The average molecular weight is 271 g/mol. The van der Waals surface area contributed by atoms with Gasteiger partial charge in [-0.25, -0.2) is 0 Å². The zero-order valence-electron chi connectivity index (χ0n) is 9.83. The van der Waals surface area contributed by atoms with Gasteiger partial charge in [0.1, 0.15) is 5.75 Å². The van der Waals surface area contributed by atoms with Crippen molar-refractivity contribution in [2.45, 2.75) is 38.6 Å². The van der Waals surface area contributed by atoms with Gasteiger partial charge in [0.15, 0.2) is 0 Å². The van der Waals surface area contributed by atoms with Gasteiger partial charge in [-0.1, -0.05) is 41.9 Å². The average Bonchev–Trinajstić information content (AvgIpc) is 2.17. The fourth-order valence-electron chi connectivity index (χ4n) is 1.39. The van der Waals surface area contributed by atoms with E-state index < -0.39 is 0 Å². The SMILES string of the molecule is CC(C)Oc1ccc(C(Br)C(C)C)cc1. The van der Waals surface area contributed by atoms with Crippen LogP contribution in [0.3, 0.4) is 0 Å². The third-order valence-electron chi connectivity index (χ3n) is 2.16. The molecule has 0 saturated heterocycles. The molecule has 1 aromatic carbocycles. The second-order valence-electron chi connectivity index (χ2n) is 4.38. The zero-order chi connectivity index (χ0) is 11.4. The van der Waals surface area contributed by atoms with E-state index in [-0.39, 0.29) is 6.10 Å². The molecule has 0 N–H and O–H groups in total. The van der Waals surface area contributed by atoms with Crippen LogP contribution >= 0.6 is 15.9 Å². The van der Waals surface area contributed by atoms with Gasteiger partial charge in [-0.3, -0.25) is 0 Å². The molecule has 0 spiro atoms. The maximum Gasteiger partial charge on any atom is 0.119 e. The standard InChI is InChI=1S/C13H19BrO/c1-9(2)13(14)11-5-7-12(8-6-11)15-10(3)4/h5-10,13H,1-4H3. The second kappa shape index (κ2) is 5.55. The zero-order valence-corrected chi connectivity index (χ0v) is 11.4. The van der Waals surface area contributed by atoms with Crippen LogP contribution in [0.2, 0.25) is 0 Å². The summed E-state index contributed by atoms with van der Waals surface area (Å²) in [6.45, 7) is 8.49. The van der Waals surface area contributed by atoms with E-state index in [9.17, 15) is 0 Å². The molecule has 1 atom stereocenters. The van der Waals surface area contributed by atoms with Crippen molar-refractivity contribution in [2.75, 3.05) is 0 Å². The summed E-state index contributed by atoms with van der Waals surface area (Å²) in [5.41, 5.74) is 1.31. The Kier molecular flexibility index (Phi) is 4.65. The molecule has 0 radical (unpaired) electrons. The molecular weight excluding hydrogens is 252 g/mol. The molecule has 1 rings (SSSR count). The number of benzene rings is 1. The van der Waals surface area contributed by atoms with Crippen molar-refractivity contribution in [3.8, 4) is 5.75 Å². The van der Waals surface area contributed by atoms with Crippen molar-refractivity contribution in [3.05, 3.63) is 29.8 Å². The number of ether oxygens (including phenoxy) is 1. The lowest BCUT2D eigenvalue weighted by atomic mass is 10.0. The van der Waals surface area contributed by atoms with Gasteiger partial charge >= 0.3 is 0 Å². The van der Waals surface area contributed by atoms with Crippen molar-refractivity contribution < 1.29 is 4.74 Å². The van der Waals surface area contributed by atoms with Crippen LogP contribution in [0.15, 0.2) is 24.3 Å². The lowest BCUT2D eigenvalue weighted by molar-refractivity contribution is 0.242. The highest BCUT2D eigenvalue weighted by Gasteiger charge is 2.11. The Morgan fingerprint density at radius 1 is 1.00 bits per heavy atom. The minimum Gasteiger partial charge on any atom is -0.491 e. The number of alkyl halides is 1. The molecular formula is C13H19BrO. The van der Waals surface area contributed by atoms with Crippen LogP contribution in [-0.2, 0) is 0 Å². The van der Waals surface area contributed by atoms with Gasteiger partial charge in [0.2, 0.25) is 0 Å². The summed E-state index contributed by atoms with van der Waals surface area (Å²) in [5.74, 6) is 1.54. The first kappa shape index (κ1) is 12.6. The van der Waals surface area contributed by atoms with E-state index in [1.54, 1.807) is 0 Å². The summed E-state index contributed by atoms with van der Waals surface area (Å²) < 4.78 is 5.59. The molecule has 0 bridgehead atoms. The number of hydrogen-bond acceptors (Lipinski definition) is 1. The lowest BCUT2D eigenvalue weighted by Crippen LogP contribution is -2.05. The molecule has 0 aromatic heterocycles. The third kappa shape index (κ3) is 3.86. The van der Waals surface area contributed by atoms with Crippen LogP contribution < -0.4 is 4.74 Å². The molecule has 15 heavy (non-hydrogen) atoms. The Hall–Kier alpha value is -0.500. The van der Waals surface area contributed by atoms with E-state index in [1.807, 2.05) is 26.0 Å². The molecule has 0 heterocycles. The molecule has 1 unspecified atom stereocenters. The minimum atomic E-state index is 0.237. The van der Waals surface area contributed by atoms with Gasteiger partial charge in [-0.2, -0.15) is 0 Å². The molecule has 84 valence electrons. The first-order valence-corrected chi connectivity index (χ1v) is 6.33. The van der Waals surface area contributed by atoms with Crippen molar-refractivity contribution in [1.29, 1.82) is 0 Å². The highest BCUT2D eigenvalue weighted by molar-refractivity contribution is 9.09. The molecule has 0 aliphatic heterocycles. The predicted octanol–water partition coefficient (Wildman–Crippen LogP) is 4.57. The summed E-state index contributed by atoms with van der Waals surface area (Å²) in [7, 11) is 0. The second-order valence-corrected chi connectivity index (χ2v) is 5.37. The highest BCUT2D eigenvalue weighted by Crippen LogP contribution is 2.31. The van der Waals surface area contributed by atoms with Gasteiger partial charge in [0.25, 0.3) is 0 Å². The Morgan fingerprint density at radius 3 is 1.93 bits per heavy atom. The minimum absolute atomic E-state index is 0.237. The highest BCUT2D eigenvalue weighted by atomic mass is 79.9. The normalized spacial score (nSPS) is 13.3. The van der Waals surface area contributed by atoms with E-state index in [0.29, 0.717) is 10.7 Å². The Bertz CT molecular complexity index is 290. The quantitative estimate of drug-likeness (QED) is 0.729. The molecule has 0 amide bonds. The third-order valence-corrected chi connectivity index (χ3v) is 3.74. The van der Waals surface area contributed by atoms with E-state index in [2.05, 4.69) is 41.9 Å². The summed E-state index contributed by atoms with van der Waals surface area (Å²) in [6.07, 6.45) is 0.237. The predicted molar refractivity (Wildman–Crippen MR) is 68.7 cm³/mol. The number of rotatable bonds is 4. The van der Waals surface area contributed by atoms with Crippen LogP contribution in [0.1, 0.15) is 38.1 Å². The topological polar surface area (TPSA) is 9.23 Å². The smallest absolute Gasteiger partial charge is 0.119 e. The molecule has 2 heteroatoms. The van der Waals surface area contributed by atoms with Crippen LogP contribution in [-0.4, -0.2) is 6.10 Å². The van der Waals surface area contributed by atoms with Gasteiger partial charge in [0.05, 0.1) is 6.10 Å². The summed E-state index contributed by atoms with van der Waals surface area (Å²) in [4.78, 5) is 0.422. The Morgan fingerprint density at radius 2 is 1.53 bits per heavy atom. The number of halogens is 1. The Balaban J connectivity index is 2.72. The van der Waals surface area contributed by atoms with E-state index in [0.717, 1.165) is 5.75 Å². The van der Waals surface area contributed by atoms with Crippen molar-refractivity contribution in [3.63, 3.8) is 0 Å². The van der Waals surface area contributed by atoms with Gasteiger partial charge < -0.3 is 4.74 Å². The van der Waals surface area contributed by atoms with Gasteiger partial charge in [-0.05, 0) is 37.5 Å². The molecule has 0 saturated carbocycles. The largest absolute Gasteiger partial charge is 0.491 e. The maximum atomic E-state index is 5.59. The Labute approximate surface area is 101 Å².